The average molecular weight is 280 g/mol. The number of rotatable bonds is 3. The zero-order chi connectivity index (χ0) is 13.8. The number of halogens is 2. The van der Waals surface area contributed by atoms with Crippen molar-refractivity contribution >= 4 is 29.0 Å². The van der Waals surface area contributed by atoms with Crippen molar-refractivity contribution in [2.75, 3.05) is 17.7 Å². The van der Waals surface area contributed by atoms with Gasteiger partial charge in [0.2, 0.25) is 0 Å². The number of carbonyl (C=O) groups is 1. The lowest BCUT2D eigenvalue weighted by molar-refractivity contribution is 0.102. The Hall–Kier alpha value is -2.14. The highest BCUT2D eigenvalue weighted by atomic mass is 35.5. The van der Waals surface area contributed by atoms with E-state index in [4.69, 9.17) is 11.6 Å². The smallest absolute Gasteiger partial charge is 0.274 e. The third kappa shape index (κ3) is 3.42. The van der Waals surface area contributed by atoms with Crippen molar-refractivity contribution in [2.45, 2.75) is 0 Å². The zero-order valence-electron chi connectivity index (χ0n) is 10.1. The van der Waals surface area contributed by atoms with Gasteiger partial charge in [-0.2, -0.15) is 0 Å². The summed E-state index contributed by atoms with van der Waals surface area (Å²) in [5.41, 5.74) is 0.513. The maximum atomic E-state index is 13.1. The van der Waals surface area contributed by atoms with E-state index in [-0.39, 0.29) is 16.4 Å². The molecule has 2 N–H and O–H groups in total. The number of hydrogen-bond donors (Lipinski definition) is 2. The lowest BCUT2D eigenvalue weighted by Crippen LogP contribution is -2.14. The van der Waals surface area contributed by atoms with E-state index in [1.54, 1.807) is 25.2 Å². The first-order valence-electron chi connectivity index (χ1n) is 5.51. The summed E-state index contributed by atoms with van der Waals surface area (Å²) < 4.78 is 13.1. The van der Waals surface area contributed by atoms with E-state index in [9.17, 15) is 9.18 Å². The number of nitrogens with zero attached hydrogens (tertiary/aromatic N) is 1. The Labute approximate surface area is 114 Å². The first-order chi connectivity index (χ1) is 9.08. The summed E-state index contributed by atoms with van der Waals surface area (Å²) >= 11 is 5.71. The standard InChI is InChI=1S/C13H11ClFN3O/c1-16-12-4-2-3-11(18-12)13(19)17-10-6-8(14)5-9(15)7-10/h2-7H,1H3,(H,16,18)(H,17,19). The van der Waals surface area contributed by atoms with Crippen LogP contribution in [-0.2, 0) is 0 Å². The minimum Gasteiger partial charge on any atom is -0.373 e. The fourth-order valence-electron chi connectivity index (χ4n) is 1.52. The summed E-state index contributed by atoms with van der Waals surface area (Å²) in [7, 11) is 1.70. The Morgan fingerprint density at radius 3 is 2.79 bits per heavy atom. The van der Waals surface area contributed by atoms with E-state index < -0.39 is 11.7 Å². The minimum atomic E-state index is -0.514. The Morgan fingerprint density at radius 1 is 1.32 bits per heavy atom. The lowest BCUT2D eigenvalue weighted by Gasteiger charge is -2.06. The molecule has 2 rings (SSSR count). The molecule has 4 nitrogen and oxygen atoms in total. The van der Waals surface area contributed by atoms with Gasteiger partial charge in [-0.15, -0.1) is 0 Å². The quantitative estimate of drug-likeness (QED) is 0.907. The van der Waals surface area contributed by atoms with Crippen LogP contribution in [0.2, 0.25) is 5.02 Å². The van der Waals surface area contributed by atoms with Crippen LogP contribution in [0.1, 0.15) is 10.5 Å². The summed E-state index contributed by atoms with van der Waals surface area (Å²) in [6.07, 6.45) is 0. The summed E-state index contributed by atoms with van der Waals surface area (Å²) in [6, 6.07) is 8.81. The molecule has 0 radical (unpaired) electrons. The third-order valence-electron chi connectivity index (χ3n) is 2.36. The normalized spacial score (nSPS) is 10.1. The summed E-state index contributed by atoms with van der Waals surface area (Å²) in [5, 5.41) is 5.58. The highest BCUT2D eigenvalue weighted by Crippen LogP contribution is 2.18. The van der Waals surface area contributed by atoms with Crippen LogP contribution in [0, 0.1) is 5.82 Å². The molecule has 0 saturated carbocycles. The van der Waals surface area contributed by atoms with Gasteiger partial charge in [0.05, 0.1) is 0 Å². The molecule has 1 aromatic carbocycles. The van der Waals surface area contributed by atoms with Crippen molar-refractivity contribution < 1.29 is 9.18 Å². The Balaban J connectivity index is 2.20. The van der Waals surface area contributed by atoms with Gasteiger partial charge in [-0.1, -0.05) is 17.7 Å². The van der Waals surface area contributed by atoms with Crippen LogP contribution in [0.5, 0.6) is 0 Å². The van der Waals surface area contributed by atoms with Crippen molar-refractivity contribution in [3.8, 4) is 0 Å². The lowest BCUT2D eigenvalue weighted by atomic mass is 10.3. The van der Waals surface area contributed by atoms with Crippen LogP contribution in [0.15, 0.2) is 36.4 Å². The molecule has 2 aromatic rings. The van der Waals surface area contributed by atoms with Crippen molar-refractivity contribution in [1.82, 2.24) is 4.98 Å². The number of anilines is 2. The molecule has 0 aliphatic carbocycles. The maximum absolute atomic E-state index is 13.1. The molecule has 0 aliphatic heterocycles. The van der Waals surface area contributed by atoms with Crippen molar-refractivity contribution in [1.29, 1.82) is 0 Å². The predicted molar refractivity (Wildman–Crippen MR) is 73.1 cm³/mol. The van der Waals surface area contributed by atoms with E-state index >= 15 is 0 Å². The van der Waals surface area contributed by atoms with Crippen LogP contribution >= 0.6 is 11.6 Å². The maximum Gasteiger partial charge on any atom is 0.274 e. The van der Waals surface area contributed by atoms with Gasteiger partial charge in [0, 0.05) is 17.8 Å². The second-order valence-electron chi connectivity index (χ2n) is 3.77. The molecule has 0 fully saturated rings. The Kier molecular flexibility index (Phi) is 3.97. The topological polar surface area (TPSA) is 54.0 Å². The molecular formula is C13H11ClFN3O. The summed E-state index contributed by atoms with van der Waals surface area (Å²) in [4.78, 5) is 16.0. The fourth-order valence-corrected chi connectivity index (χ4v) is 1.74. The number of nitrogens with one attached hydrogen (secondary N) is 2. The molecule has 1 heterocycles. The van der Waals surface area contributed by atoms with Crippen molar-refractivity contribution in [3.05, 3.63) is 52.9 Å². The van der Waals surface area contributed by atoms with E-state index in [1.165, 1.54) is 12.1 Å². The van der Waals surface area contributed by atoms with Gasteiger partial charge < -0.3 is 10.6 Å². The molecular weight excluding hydrogens is 269 g/mol. The molecule has 6 heteroatoms. The number of carbonyl (C=O) groups excluding carboxylic acids is 1. The Morgan fingerprint density at radius 2 is 2.11 bits per heavy atom. The average Bonchev–Trinajstić information content (AvgIpc) is 2.37. The van der Waals surface area contributed by atoms with Crippen molar-refractivity contribution in [3.63, 3.8) is 0 Å². The van der Waals surface area contributed by atoms with Crippen LogP contribution in [-0.4, -0.2) is 17.9 Å². The first kappa shape index (κ1) is 13.3. The van der Waals surface area contributed by atoms with E-state index in [0.717, 1.165) is 6.07 Å². The van der Waals surface area contributed by atoms with Gasteiger partial charge in [0.25, 0.3) is 5.91 Å². The van der Waals surface area contributed by atoms with Gasteiger partial charge >= 0.3 is 0 Å². The molecule has 0 saturated heterocycles. The summed E-state index contributed by atoms with van der Waals surface area (Å²) in [5.74, 6) is -0.372. The zero-order valence-corrected chi connectivity index (χ0v) is 10.8. The molecule has 0 atom stereocenters. The van der Waals surface area contributed by atoms with Gasteiger partial charge in [-0.05, 0) is 30.3 Å². The number of amides is 1. The minimum absolute atomic E-state index is 0.215. The van der Waals surface area contributed by atoms with Crippen molar-refractivity contribution in [2.24, 2.45) is 0 Å². The molecule has 0 spiro atoms. The second-order valence-corrected chi connectivity index (χ2v) is 4.21. The van der Waals surface area contributed by atoms with Crippen LogP contribution in [0.25, 0.3) is 0 Å². The highest BCUT2D eigenvalue weighted by Gasteiger charge is 2.09. The molecule has 1 amide bonds. The second kappa shape index (κ2) is 5.67. The largest absolute Gasteiger partial charge is 0.373 e. The van der Waals surface area contributed by atoms with Crippen LogP contribution in [0.4, 0.5) is 15.9 Å². The van der Waals surface area contributed by atoms with E-state index in [2.05, 4.69) is 15.6 Å². The van der Waals surface area contributed by atoms with E-state index in [1.807, 2.05) is 0 Å². The van der Waals surface area contributed by atoms with Gasteiger partial charge in [-0.3, -0.25) is 4.79 Å². The fraction of sp³-hybridized carbons (Fsp3) is 0.0769. The van der Waals surface area contributed by atoms with Crippen LogP contribution in [0.3, 0.4) is 0 Å². The monoisotopic (exact) mass is 279 g/mol. The molecule has 0 aliphatic rings. The number of pyridine rings is 1. The molecule has 19 heavy (non-hydrogen) atoms. The van der Waals surface area contributed by atoms with Gasteiger partial charge in [0.1, 0.15) is 17.3 Å². The SMILES string of the molecule is CNc1cccc(C(=O)Nc2cc(F)cc(Cl)c2)n1. The number of benzene rings is 1. The predicted octanol–water partition coefficient (Wildman–Crippen LogP) is 3.17. The number of hydrogen-bond acceptors (Lipinski definition) is 3. The number of aromatic nitrogens is 1. The van der Waals surface area contributed by atoms with Gasteiger partial charge in [0.15, 0.2) is 0 Å². The van der Waals surface area contributed by atoms with Gasteiger partial charge in [-0.25, -0.2) is 9.37 Å². The molecule has 0 unspecified atom stereocenters. The summed E-state index contributed by atoms with van der Waals surface area (Å²) in [6.45, 7) is 0. The molecule has 1 aromatic heterocycles. The highest BCUT2D eigenvalue weighted by molar-refractivity contribution is 6.31. The van der Waals surface area contributed by atoms with Crippen LogP contribution < -0.4 is 10.6 Å². The molecule has 0 bridgehead atoms. The Bertz CT molecular complexity index is 598. The van der Waals surface area contributed by atoms with E-state index in [0.29, 0.717) is 5.82 Å². The molecule has 98 valence electrons. The first-order valence-corrected chi connectivity index (χ1v) is 5.88. The third-order valence-corrected chi connectivity index (χ3v) is 2.58.